The van der Waals surface area contributed by atoms with Gasteiger partial charge in [-0.2, -0.15) is 0 Å². The summed E-state index contributed by atoms with van der Waals surface area (Å²) in [6, 6.07) is 13.2. The lowest BCUT2D eigenvalue weighted by Gasteiger charge is -2.10. The van der Waals surface area contributed by atoms with Crippen molar-refractivity contribution in [1.29, 1.82) is 0 Å². The molecule has 5 nitrogen and oxygen atoms in total. The number of carbonyl (C=O) groups is 1. The Kier molecular flexibility index (Phi) is 6.53. The molecule has 0 saturated carbocycles. The molecule has 1 amide bonds. The van der Waals surface area contributed by atoms with E-state index in [9.17, 15) is 4.79 Å². The Morgan fingerprint density at radius 1 is 1.22 bits per heavy atom. The lowest BCUT2D eigenvalue weighted by molar-refractivity contribution is 0.0954. The normalized spacial score (nSPS) is 10.6. The maximum absolute atomic E-state index is 12.5. The summed E-state index contributed by atoms with van der Waals surface area (Å²) in [5.41, 5.74) is 4.56. The van der Waals surface area contributed by atoms with Gasteiger partial charge in [0.2, 0.25) is 0 Å². The standard InChI is InChI=1S/C20H20BrClN4O/c1-13-19(26-12-25-13)11-24-18-9-15(8-16(21)10-18)20(27)23-7-6-14-2-4-17(22)5-3-14/h2-5,8-10,12,24H,6-7,11H2,1H3,(H,23,27)(H,25,26). The van der Waals surface area contributed by atoms with Crippen molar-refractivity contribution < 1.29 is 4.79 Å². The van der Waals surface area contributed by atoms with E-state index < -0.39 is 0 Å². The SMILES string of the molecule is Cc1[nH]cnc1CNc1cc(Br)cc(C(=O)NCCc2ccc(Cl)cc2)c1. The predicted octanol–water partition coefficient (Wildman–Crippen LogP) is 4.72. The van der Waals surface area contributed by atoms with Crippen LogP contribution >= 0.6 is 27.5 Å². The van der Waals surface area contributed by atoms with Gasteiger partial charge >= 0.3 is 0 Å². The van der Waals surface area contributed by atoms with Gasteiger partial charge in [0.25, 0.3) is 5.91 Å². The summed E-state index contributed by atoms with van der Waals surface area (Å²) < 4.78 is 0.842. The number of nitrogens with one attached hydrogen (secondary N) is 3. The second-order valence-corrected chi connectivity index (χ2v) is 7.54. The Hall–Kier alpha value is -2.31. The Labute approximate surface area is 171 Å². The lowest BCUT2D eigenvalue weighted by Crippen LogP contribution is -2.25. The van der Waals surface area contributed by atoms with Crippen molar-refractivity contribution in [3.8, 4) is 0 Å². The number of anilines is 1. The molecule has 0 aliphatic heterocycles. The Morgan fingerprint density at radius 2 is 2.00 bits per heavy atom. The minimum absolute atomic E-state index is 0.107. The highest BCUT2D eigenvalue weighted by Crippen LogP contribution is 2.20. The summed E-state index contributed by atoms with van der Waals surface area (Å²) in [6.07, 6.45) is 2.42. The number of halogens is 2. The number of aromatic amines is 1. The molecule has 0 atom stereocenters. The third kappa shape index (κ3) is 5.58. The molecule has 0 aliphatic carbocycles. The minimum atomic E-state index is -0.107. The van der Waals surface area contributed by atoms with Gasteiger partial charge in [0.1, 0.15) is 0 Å². The van der Waals surface area contributed by atoms with Crippen molar-refractivity contribution in [3.05, 3.63) is 80.8 Å². The molecule has 3 N–H and O–H groups in total. The van der Waals surface area contributed by atoms with E-state index in [1.165, 1.54) is 0 Å². The first-order valence-corrected chi connectivity index (χ1v) is 9.74. The number of aryl methyl sites for hydroxylation is 1. The smallest absolute Gasteiger partial charge is 0.251 e. The van der Waals surface area contributed by atoms with E-state index >= 15 is 0 Å². The van der Waals surface area contributed by atoms with Gasteiger partial charge in [-0.05, 0) is 49.2 Å². The summed E-state index contributed by atoms with van der Waals surface area (Å²) >= 11 is 9.36. The van der Waals surface area contributed by atoms with Crippen LogP contribution in [0.1, 0.15) is 27.3 Å². The van der Waals surface area contributed by atoms with Gasteiger partial charge in [-0.3, -0.25) is 4.79 Å². The number of imidazole rings is 1. The molecule has 0 unspecified atom stereocenters. The molecule has 2 aromatic carbocycles. The van der Waals surface area contributed by atoms with Crippen molar-refractivity contribution in [2.45, 2.75) is 19.9 Å². The van der Waals surface area contributed by atoms with Crippen molar-refractivity contribution >= 4 is 39.1 Å². The number of aromatic nitrogens is 2. The van der Waals surface area contributed by atoms with Crippen molar-refractivity contribution in [3.63, 3.8) is 0 Å². The maximum Gasteiger partial charge on any atom is 0.251 e. The van der Waals surface area contributed by atoms with Crippen LogP contribution in [0.3, 0.4) is 0 Å². The number of hydrogen-bond donors (Lipinski definition) is 3. The lowest BCUT2D eigenvalue weighted by atomic mass is 10.1. The Bertz CT molecular complexity index is 924. The number of benzene rings is 2. The van der Waals surface area contributed by atoms with E-state index in [-0.39, 0.29) is 5.91 Å². The zero-order valence-electron chi connectivity index (χ0n) is 14.9. The highest BCUT2D eigenvalue weighted by molar-refractivity contribution is 9.10. The molecule has 140 valence electrons. The molecule has 0 aliphatic rings. The average Bonchev–Trinajstić information content (AvgIpc) is 3.06. The van der Waals surface area contributed by atoms with Gasteiger partial charge in [-0.1, -0.05) is 39.7 Å². The van der Waals surface area contributed by atoms with Gasteiger partial charge in [0, 0.05) is 33.0 Å². The quantitative estimate of drug-likeness (QED) is 0.491. The largest absolute Gasteiger partial charge is 0.379 e. The highest BCUT2D eigenvalue weighted by Gasteiger charge is 2.09. The van der Waals surface area contributed by atoms with Crippen LogP contribution in [0.5, 0.6) is 0 Å². The van der Waals surface area contributed by atoms with Crippen LogP contribution in [-0.4, -0.2) is 22.4 Å². The second kappa shape index (κ2) is 9.06. The molecule has 0 radical (unpaired) electrons. The van der Waals surface area contributed by atoms with Crippen LogP contribution < -0.4 is 10.6 Å². The molecule has 27 heavy (non-hydrogen) atoms. The fourth-order valence-corrected chi connectivity index (χ4v) is 3.27. The Morgan fingerprint density at radius 3 is 2.70 bits per heavy atom. The third-order valence-corrected chi connectivity index (χ3v) is 4.88. The fourth-order valence-electron chi connectivity index (χ4n) is 2.65. The number of carbonyl (C=O) groups excluding carboxylic acids is 1. The molecule has 7 heteroatoms. The fraction of sp³-hybridized carbons (Fsp3) is 0.200. The molecular weight excluding hydrogens is 428 g/mol. The topological polar surface area (TPSA) is 69.8 Å². The van der Waals surface area contributed by atoms with Crippen molar-refractivity contribution in [1.82, 2.24) is 15.3 Å². The summed E-state index contributed by atoms with van der Waals surface area (Å²) in [4.78, 5) is 19.8. The van der Waals surface area contributed by atoms with Crippen LogP contribution in [0.2, 0.25) is 5.02 Å². The monoisotopic (exact) mass is 446 g/mol. The molecule has 3 rings (SSSR count). The minimum Gasteiger partial charge on any atom is -0.379 e. The van der Waals surface area contributed by atoms with E-state index in [1.54, 1.807) is 6.33 Å². The van der Waals surface area contributed by atoms with Gasteiger partial charge in [0.15, 0.2) is 0 Å². The molecule has 0 fully saturated rings. The van der Waals surface area contributed by atoms with Crippen LogP contribution in [0.15, 0.2) is 53.3 Å². The maximum atomic E-state index is 12.5. The molecule has 1 heterocycles. The van der Waals surface area contributed by atoms with Crippen LogP contribution in [-0.2, 0) is 13.0 Å². The number of H-pyrrole nitrogens is 1. The third-order valence-electron chi connectivity index (χ3n) is 4.17. The number of rotatable bonds is 7. The van der Waals surface area contributed by atoms with Crippen molar-refractivity contribution in [2.75, 3.05) is 11.9 Å². The first-order valence-electron chi connectivity index (χ1n) is 8.57. The van der Waals surface area contributed by atoms with E-state index in [4.69, 9.17) is 11.6 Å². The average molecular weight is 448 g/mol. The summed E-state index contributed by atoms with van der Waals surface area (Å²) in [5.74, 6) is -0.107. The van der Waals surface area contributed by atoms with E-state index in [2.05, 4.69) is 36.5 Å². The van der Waals surface area contributed by atoms with E-state index in [0.29, 0.717) is 23.7 Å². The highest BCUT2D eigenvalue weighted by atomic mass is 79.9. The van der Waals surface area contributed by atoms with Gasteiger partial charge < -0.3 is 15.6 Å². The Balaban J connectivity index is 1.58. The number of amides is 1. The molecular formula is C20H20BrClN4O. The molecule has 1 aromatic heterocycles. The first-order chi connectivity index (χ1) is 13.0. The zero-order chi connectivity index (χ0) is 19.2. The van der Waals surface area contributed by atoms with Gasteiger partial charge in [-0.15, -0.1) is 0 Å². The molecule has 3 aromatic rings. The second-order valence-electron chi connectivity index (χ2n) is 6.19. The first kappa shape index (κ1) is 19.5. The van der Waals surface area contributed by atoms with Crippen LogP contribution in [0.4, 0.5) is 5.69 Å². The summed E-state index contributed by atoms with van der Waals surface area (Å²) in [6.45, 7) is 3.12. The number of hydrogen-bond acceptors (Lipinski definition) is 3. The van der Waals surface area contributed by atoms with E-state index in [0.717, 1.165) is 33.5 Å². The summed E-state index contributed by atoms with van der Waals surface area (Å²) in [7, 11) is 0. The summed E-state index contributed by atoms with van der Waals surface area (Å²) in [5, 5.41) is 6.97. The van der Waals surface area contributed by atoms with Crippen LogP contribution in [0, 0.1) is 6.92 Å². The van der Waals surface area contributed by atoms with Gasteiger partial charge in [-0.25, -0.2) is 4.98 Å². The van der Waals surface area contributed by atoms with E-state index in [1.807, 2.05) is 49.4 Å². The zero-order valence-corrected chi connectivity index (χ0v) is 17.2. The number of nitrogens with zero attached hydrogens (tertiary/aromatic N) is 1. The van der Waals surface area contributed by atoms with Crippen LogP contribution in [0.25, 0.3) is 0 Å². The molecule has 0 bridgehead atoms. The van der Waals surface area contributed by atoms with Crippen molar-refractivity contribution in [2.24, 2.45) is 0 Å². The van der Waals surface area contributed by atoms with Gasteiger partial charge in [0.05, 0.1) is 18.6 Å². The predicted molar refractivity (Wildman–Crippen MR) is 112 cm³/mol. The molecule has 0 saturated heterocycles. The molecule has 0 spiro atoms.